The van der Waals surface area contributed by atoms with E-state index in [4.69, 9.17) is 16.3 Å². The molecule has 2 saturated heterocycles. The van der Waals surface area contributed by atoms with Gasteiger partial charge in [0.25, 0.3) is 0 Å². The molecule has 0 radical (unpaired) electrons. The van der Waals surface area contributed by atoms with Gasteiger partial charge >= 0.3 is 12.1 Å². The lowest BCUT2D eigenvalue weighted by Gasteiger charge is -2.29. The molecule has 33 heavy (non-hydrogen) atoms. The van der Waals surface area contributed by atoms with Gasteiger partial charge in [-0.2, -0.15) is 13.2 Å². The van der Waals surface area contributed by atoms with Crippen molar-refractivity contribution in [2.75, 3.05) is 37.7 Å². The number of likely N-dealkylation sites (tertiary alicyclic amines) is 1. The van der Waals surface area contributed by atoms with Gasteiger partial charge in [-0.3, -0.25) is 4.79 Å². The van der Waals surface area contributed by atoms with Crippen LogP contribution in [0.15, 0.2) is 23.1 Å². The minimum absolute atomic E-state index is 0.0791. The second kappa shape index (κ2) is 8.31. The number of nitrogens with zero attached hydrogens (tertiary/aromatic N) is 2. The quantitative estimate of drug-likeness (QED) is 0.648. The van der Waals surface area contributed by atoms with Gasteiger partial charge < -0.3 is 19.6 Å². The van der Waals surface area contributed by atoms with E-state index in [2.05, 4.69) is 0 Å². The lowest BCUT2D eigenvalue weighted by molar-refractivity contribution is -0.199. The fourth-order valence-electron chi connectivity index (χ4n) is 4.42. The van der Waals surface area contributed by atoms with E-state index >= 15 is 0 Å². The van der Waals surface area contributed by atoms with Crippen LogP contribution < -0.4 is 4.90 Å². The van der Waals surface area contributed by atoms with Crippen molar-refractivity contribution in [2.24, 2.45) is 5.41 Å². The van der Waals surface area contributed by atoms with E-state index in [1.807, 2.05) is 4.90 Å². The molecule has 4 rings (SSSR count). The zero-order chi connectivity index (χ0) is 24.2. The van der Waals surface area contributed by atoms with Gasteiger partial charge in [0.05, 0.1) is 28.4 Å². The van der Waals surface area contributed by atoms with Crippen molar-refractivity contribution in [1.82, 2.24) is 4.90 Å². The van der Waals surface area contributed by atoms with Crippen molar-refractivity contribution < 1.29 is 41.0 Å². The van der Waals surface area contributed by atoms with Crippen molar-refractivity contribution in [3.05, 3.63) is 23.2 Å². The molecule has 2 atom stereocenters. The van der Waals surface area contributed by atoms with Crippen molar-refractivity contribution in [3.63, 3.8) is 0 Å². The van der Waals surface area contributed by atoms with Gasteiger partial charge in [-0.05, 0) is 37.5 Å². The average Bonchev–Trinajstić information content (AvgIpc) is 3.45. The van der Waals surface area contributed by atoms with Gasteiger partial charge in [-0.25, -0.2) is 13.2 Å². The minimum atomic E-state index is -4.83. The molecular formula is C20H22ClF3N2O6S. The number of ether oxygens (including phenoxy) is 1. The summed E-state index contributed by atoms with van der Waals surface area (Å²) in [5, 5.41) is 8.03. The van der Waals surface area contributed by atoms with Crippen LogP contribution in [0.2, 0.25) is 5.02 Å². The number of carboxylic acid groups (broad SMARTS) is 1. The smallest absolute Gasteiger partial charge is 0.403 e. The molecule has 8 nitrogen and oxygen atoms in total. The summed E-state index contributed by atoms with van der Waals surface area (Å²) in [6, 6.07) is 2.69. The number of amides is 1. The summed E-state index contributed by atoms with van der Waals surface area (Å²) in [6.07, 6.45) is -6.23. The van der Waals surface area contributed by atoms with Gasteiger partial charge in [0.15, 0.2) is 9.84 Å². The number of anilines is 1. The fraction of sp³-hybridized carbons (Fsp3) is 0.600. The van der Waals surface area contributed by atoms with Crippen LogP contribution in [0.25, 0.3) is 0 Å². The molecule has 1 aromatic rings. The lowest BCUT2D eigenvalue weighted by Crippen LogP contribution is -2.48. The minimum Gasteiger partial charge on any atom is -0.480 e. The first kappa shape index (κ1) is 24.1. The molecule has 2 heterocycles. The number of aliphatic carboxylic acids is 1. The second-order valence-electron chi connectivity index (χ2n) is 8.51. The van der Waals surface area contributed by atoms with Gasteiger partial charge in [0.1, 0.15) is 11.5 Å². The summed E-state index contributed by atoms with van der Waals surface area (Å²) < 4.78 is 72.1. The molecular weight excluding hydrogens is 489 g/mol. The van der Waals surface area contributed by atoms with E-state index < -0.39 is 70.4 Å². The number of carbonyl (C=O) groups excluding carboxylic acids is 1. The number of hydrogen-bond donors (Lipinski definition) is 1. The number of sulfone groups is 1. The summed E-state index contributed by atoms with van der Waals surface area (Å²) in [5.74, 6) is -2.93. The molecule has 0 unspecified atom stereocenters. The molecule has 0 spiro atoms. The monoisotopic (exact) mass is 510 g/mol. The van der Waals surface area contributed by atoms with Crippen LogP contribution in [-0.4, -0.2) is 80.6 Å². The molecule has 1 N–H and O–H groups in total. The molecule has 3 fully saturated rings. The Kier molecular flexibility index (Phi) is 6.07. The molecule has 13 heteroatoms. The normalized spacial score (nSPS) is 25.2. The first-order valence-electron chi connectivity index (χ1n) is 10.4. The summed E-state index contributed by atoms with van der Waals surface area (Å²) in [7, 11) is -4.22. The van der Waals surface area contributed by atoms with E-state index in [1.54, 1.807) is 6.07 Å². The second-order valence-corrected chi connectivity index (χ2v) is 11.1. The molecule has 0 aromatic heterocycles. The van der Waals surface area contributed by atoms with Crippen LogP contribution >= 0.6 is 11.6 Å². The third-order valence-corrected chi connectivity index (χ3v) is 9.16. The van der Waals surface area contributed by atoms with Crippen LogP contribution in [0.3, 0.4) is 0 Å². The van der Waals surface area contributed by atoms with E-state index in [9.17, 15) is 36.3 Å². The molecule has 1 aromatic carbocycles. The average molecular weight is 511 g/mol. The number of alkyl halides is 3. The van der Waals surface area contributed by atoms with E-state index in [-0.39, 0.29) is 9.92 Å². The molecule has 1 amide bonds. The van der Waals surface area contributed by atoms with Crippen molar-refractivity contribution >= 4 is 39.0 Å². The Morgan fingerprint density at radius 1 is 1.18 bits per heavy atom. The Hall–Kier alpha value is -2.05. The number of hydrogen-bond acceptors (Lipinski definition) is 6. The van der Waals surface area contributed by atoms with Crippen LogP contribution in [0, 0.1) is 5.41 Å². The van der Waals surface area contributed by atoms with Crippen LogP contribution in [0.1, 0.15) is 19.3 Å². The van der Waals surface area contributed by atoms with E-state index in [0.717, 1.165) is 0 Å². The first-order valence-corrected chi connectivity index (χ1v) is 12.3. The molecule has 3 aliphatic rings. The van der Waals surface area contributed by atoms with Crippen molar-refractivity contribution in [2.45, 2.75) is 41.6 Å². The lowest BCUT2D eigenvalue weighted by atomic mass is 10.0. The fourth-order valence-corrected chi connectivity index (χ4v) is 6.66. The molecule has 0 bridgehead atoms. The van der Waals surface area contributed by atoms with Crippen LogP contribution in [0.5, 0.6) is 0 Å². The first-order chi connectivity index (χ1) is 15.4. The maximum absolute atomic E-state index is 13.4. The molecule has 1 aliphatic carbocycles. The highest BCUT2D eigenvalue weighted by atomic mass is 35.5. The summed E-state index contributed by atoms with van der Waals surface area (Å²) in [5.41, 5.74) is -1.94. The van der Waals surface area contributed by atoms with Gasteiger partial charge in [0.2, 0.25) is 5.91 Å². The van der Waals surface area contributed by atoms with E-state index in [0.29, 0.717) is 36.9 Å². The summed E-state index contributed by atoms with van der Waals surface area (Å²) in [6.45, 7) is 1.59. The van der Waals surface area contributed by atoms with Gasteiger partial charge in [-0.15, -0.1) is 0 Å². The molecule has 2 aliphatic heterocycles. The number of carboxylic acids is 1. The third-order valence-electron chi connectivity index (χ3n) is 6.55. The zero-order valence-corrected chi connectivity index (χ0v) is 18.9. The Balaban J connectivity index is 1.59. The summed E-state index contributed by atoms with van der Waals surface area (Å²) in [4.78, 5) is 26.7. The predicted molar refractivity (Wildman–Crippen MR) is 111 cm³/mol. The Morgan fingerprint density at radius 2 is 1.82 bits per heavy atom. The third kappa shape index (κ3) is 4.17. The Morgan fingerprint density at radius 3 is 2.33 bits per heavy atom. The predicted octanol–water partition coefficient (Wildman–Crippen LogP) is 2.35. The maximum atomic E-state index is 13.4. The topological polar surface area (TPSA) is 104 Å². The molecule has 182 valence electrons. The number of morpholine rings is 1. The van der Waals surface area contributed by atoms with Gasteiger partial charge in [0, 0.05) is 25.3 Å². The standard InChI is InChI=1S/C20H22ClF3N2O6S/c21-14-9-12(25-5-7-32-8-6-25)1-2-16(14)33(30,31)13-10-15(17(27)28)26(11-13)18(29)19(3-4-19)20(22,23)24/h1-2,9,13,15H,3-8,10-11H2,(H,27,28)/t13-,15-/m1/s1. The highest BCUT2D eigenvalue weighted by Gasteiger charge is 2.70. The Bertz CT molecular complexity index is 1070. The zero-order valence-electron chi connectivity index (χ0n) is 17.3. The largest absolute Gasteiger partial charge is 0.480 e. The number of benzene rings is 1. The SMILES string of the molecule is O=C(O)[C@H]1C[C@@H](S(=O)(=O)c2ccc(N3CCOCC3)cc2Cl)CN1C(=O)C1(C(F)(F)F)CC1. The number of carbonyl (C=O) groups is 2. The van der Waals surface area contributed by atoms with Crippen molar-refractivity contribution in [3.8, 4) is 0 Å². The highest BCUT2D eigenvalue weighted by molar-refractivity contribution is 7.92. The maximum Gasteiger partial charge on any atom is 0.403 e. The van der Waals surface area contributed by atoms with Crippen molar-refractivity contribution in [1.29, 1.82) is 0 Å². The van der Waals surface area contributed by atoms with Crippen LogP contribution in [0.4, 0.5) is 18.9 Å². The number of rotatable bonds is 5. The summed E-state index contributed by atoms with van der Waals surface area (Å²) >= 11 is 6.27. The van der Waals surface area contributed by atoms with E-state index in [1.165, 1.54) is 12.1 Å². The van der Waals surface area contributed by atoms with Crippen LogP contribution in [-0.2, 0) is 24.2 Å². The highest BCUT2D eigenvalue weighted by Crippen LogP contribution is 2.59. The molecule has 1 saturated carbocycles. The van der Waals surface area contributed by atoms with Gasteiger partial charge in [-0.1, -0.05) is 11.6 Å². The Labute approximate surface area is 193 Å². The number of halogens is 4.